The summed E-state index contributed by atoms with van der Waals surface area (Å²) in [5, 5.41) is 31.7. The minimum Gasteiger partial charge on any atom is -0.308 e. The lowest BCUT2D eigenvalue weighted by atomic mass is 10.2. The number of hydrogen-bond acceptors (Lipinski definition) is 6. The van der Waals surface area contributed by atoms with Crippen LogP contribution in [-0.2, 0) is 0 Å². The molecule has 4 N–H and O–H groups in total. The van der Waals surface area contributed by atoms with Crippen LogP contribution >= 0.6 is 0 Å². The first-order valence-electron chi connectivity index (χ1n) is 9.05. The number of hydrogen-bond donors (Lipinski definition) is 4. The van der Waals surface area contributed by atoms with Gasteiger partial charge in [-0.15, -0.1) is 0 Å². The molecule has 0 spiro atoms. The number of non-ortho nitro benzene ring substituents is 2. The molecule has 0 bridgehead atoms. The van der Waals surface area contributed by atoms with Gasteiger partial charge in [-0.2, -0.15) is 0 Å². The van der Waals surface area contributed by atoms with Gasteiger partial charge in [0.1, 0.15) is 0 Å². The lowest BCUT2D eigenvalue weighted by Crippen LogP contribution is -2.21. The monoisotopic (exact) mass is 436 g/mol. The fourth-order valence-electron chi connectivity index (χ4n) is 2.66. The van der Waals surface area contributed by atoms with Gasteiger partial charge in [0.25, 0.3) is 11.4 Å². The van der Waals surface area contributed by atoms with Gasteiger partial charge in [-0.3, -0.25) is 20.2 Å². The standard InChI is InChI=1S/C20H16N6O6/c27-19(23-15-6-2-8-17(11-15)25(29)30)21-13-4-1-5-14(10-13)22-20(28)24-16-7-3-9-18(12-16)26(31)32/h1-12H,(H2,21,23,27)(H2,22,24,28). The molecule has 0 atom stereocenters. The van der Waals surface area contributed by atoms with Crippen molar-refractivity contribution in [2.24, 2.45) is 0 Å². The average molecular weight is 436 g/mol. The maximum absolute atomic E-state index is 12.2. The van der Waals surface area contributed by atoms with Gasteiger partial charge in [-0.1, -0.05) is 18.2 Å². The van der Waals surface area contributed by atoms with E-state index in [-0.39, 0.29) is 22.7 Å². The van der Waals surface area contributed by atoms with E-state index in [0.29, 0.717) is 11.4 Å². The van der Waals surface area contributed by atoms with E-state index in [2.05, 4.69) is 21.3 Å². The van der Waals surface area contributed by atoms with Crippen molar-refractivity contribution in [3.8, 4) is 0 Å². The van der Waals surface area contributed by atoms with E-state index in [1.807, 2.05) is 0 Å². The third-order valence-electron chi connectivity index (χ3n) is 4.01. The summed E-state index contributed by atoms with van der Waals surface area (Å²) in [6.07, 6.45) is 0. The van der Waals surface area contributed by atoms with Gasteiger partial charge in [0.05, 0.1) is 9.85 Å². The van der Waals surface area contributed by atoms with Crippen LogP contribution in [0.4, 0.5) is 43.7 Å². The molecule has 4 amide bonds. The van der Waals surface area contributed by atoms with E-state index < -0.39 is 21.9 Å². The van der Waals surface area contributed by atoms with Crippen molar-refractivity contribution < 1.29 is 19.4 Å². The maximum atomic E-state index is 12.2. The molecular weight excluding hydrogens is 420 g/mol. The second-order valence-corrected chi connectivity index (χ2v) is 6.35. The molecule has 0 aliphatic carbocycles. The Balaban J connectivity index is 1.60. The molecule has 32 heavy (non-hydrogen) atoms. The van der Waals surface area contributed by atoms with Crippen LogP contribution in [0.15, 0.2) is 72.8 Å². The first-order valence-corrected chi connectivity index (χ1v) is 9.05. The van der Waals surface area contributed by atoms with E-state index in [4.69, 9.17) is 0 Å². The van der Waals surface area contributed by atoms with E-state index in [1.54, 1.807) is 18.2 Å². The third-order valence-corrected chi connectivity index (χ3v) is 4.01. The smallest absolute Gasteiger partial charge is 0.308 e. The number of carbonyl (C=O) groups excluding carboxylic acids is 2. The van der Waals surface area contributed by atoms with Crippen molar-refractivity contribution in [1.82, 2.24) is 0 Å². The first kappa shape index (κ1) is 21.7. The molecule has 0 fully saturated rings. The largest absolute Gasteiger partial charge is 0.323 e. The number of urea groups is 2. The molecule has 0 saturated carbocycles. The highest BCUT2D eigenvalue weighted by molar-refractivity contribution is 6.02. The zero-order chi connectivity index (χ0) is 23.1. The topological polar surface area (TPSA) is 169 Å². The van der Waals surface area contributed by atoms with Crippen LogP contribution < -0.4 is 21.3 Å². The zero-order valence-electron chi connectivity index (χ0n) is 16.3. The Hall–Kier alpha value is -5.00. The summed E-state index contributed by atoms with van der Waals surface area (Å²) < 4.78 is 0. The van der Waals surface area contributed by atoms with Crippen LogP contribution in [-0.4, -0.2) is 21.9 Å². The highest BCUT2D eigenvalue weighted by atomic mass is 16.6. The molecule has 3 aromatic rings. The van der Waals surface area contributed by atoms with Gasteiger partial charge >= 0.3 is 12.1 Å². The summed E-state index contributed by atoms with van der Waals surface area (Å²) in [7, 11) is 0. The number of nitrogens with zero attached hydrogens (tertiary/aromatic N) is 2. The SMILES string of the molecule is O=C(Nc1cccc(NC(=O)Nc2cccc([N+](=O)[O-])c2)c1)Nc1cccc([N+](=O)[O-])c1. The van der Waals surface area contributed by atoms with Crippen LogP contribution in [0.3, 0.4) is 0 Å². The fraction of sp³-hybridized carbons (Fsp3) is 0. The predicted octanol–water partition coefficient (Wildman–Crippen LogP) is 4.79. The predicted molar refractivity (Wildman–Crippen MR) is 118 cm³/mol. The molecule has 12 heteroatoms. The molecule has 0 aliphatic heterocycles. The molecule has 0 unspecified atom stereocenters. The number of nitro benzene ring substituents is 2. The summed E-state index contributed by atoms with van der Waals surface area (Å²) in [6, 6.07) is 15.9. The Kier molecular flexibility index (Phi) is 6.56. The van der Waals surface area contributed by atoms with E-state index >= 15 is 0 Å². The number of carbonyl (C=O) groups is 2. The second-order valence-electron chi connectivity index (χ2n) is 6.35. The number of amides is 4. The Bertz CT molecular complexity index is 1110. The van der Waals surface area contributed by atoms with Crippen molar-refractivity contribution in [2.45, 2.75) is 0 Å². The molecule has 3 aromatic carbocycles. The lowest BCUT2D eigenvalue weighted by molar-refractivity contribution is -0.385. The maximum Gasteiger partial charge on any atom is 0.323 e. The van der Waals surface area contributed by atoms with Crippen LogP contribution in [0.5, 0.6) is 0 Å². The second kappa shape index (κ2) is 9.67. The van der Waals surface area contributed by atoms with Gasteiger partial charge in [-0.05, 0) is 30.3 Å². The van der Waals surface area contributed by atoms with Gasteiger partial charge in [0, 0.05) is 47.0 Å². The van der Waals surface area contributed by atoms with Crippen LogP contribution in [0.2, 0.25) is 0 Å². The van der Waals surface area contributed by atoms with E-state index in [1.165, 1.54) is 54.6 Å². The summed E-state index contributed by atoms with van der Waals surface area (Å²) in [4.78, 5) is 44.9. The Morgan fingerprint density at radius 1 is 0.562 bits per heavy atom. The van der Waals surface area contributed by atoms with Crippen molar-refractivity contribution >= 4 is 46.2 Å². The third kappa shape index (κ3) is 6.00. The minimum atomic E-state index is -0.635. The van der Waals surface area contributed by atoms with Crippen molar-refractivity contribution in [3.63, 3.8) is 0 Å². The Morgan fingerprint density at radius 3 is 1.22 bits per heavy atom. The minimum absolute atomic E-state index is 0.163. The molecule has 0 heterocycles. The van der Waals surface area contributed by atoms with Gasteiger partial charge in [0.2, 0.25) is 0 Å². The van der Waals surface area contributed by atoms with E-state index in [9.17, 15) is 29.8 Å². The average Bonchev–Trinajstić information content (AvgIpc) is 2.74. The molecule has 3 rings (SSSR count). The molecule has 0 aromatic heterocycles. The lowest BCUT2D eigenvalue weighted by Gasteiger charge is -2.11. The van der Waals surface area contributed by atoms with Crippen molar-refractivity contribution in [3.05, 3.63) is 93.0 Å². The number of benzene rings is 3. The summed E-state index contributed by atoms with van der Waals surface area (Å²) >= 11 is 0. The summed E-state index contributed by atoms with van der Waals surface area (Å²) in [6.45, 7) is 0. The highest BCUT2D eigenvalue weighted by Gasteiger charge is 2.10. The number of anilines is 4. The quantitative estimate of drug-likeness (QED) is 0.320. The van der Waals surface area contributed by atoms with Crippen molar-refractivity contribution in [1.29, 1.82) is 0 Å². The van der Waals surface area contributed by atoms with Gasteiger partial charge in [0.15, 0.2) is 0 Å². The Morgan fingerprint density at radius 2 is 0.875 bits per heavy atom. The first-order chi connectivity index (χ1) is 15.3. The van der Waals surface area contributed by atoms with Crippen LogP contribution in [0.25, 0.3) is 0 Å². The molecule has 0 aliphatic rings. The van der Waals surface area contributed by atoms with Crippen LogP contribution in [0, 0.1) is 20.2 Å². The Labute approximate surface area is 180 Å². The molecule has 162 valence electrons. The number of rotatable bonds is 6. The molecule has 0 radical (unpaired) electrons. The normalized spacial score (nSPS) is 10.0. The fourth-order valence-corrected chi connectivity index (χ4v) is 2.66. The van der Waals surface area contributed by atoms with Crippen LogP contribution in [0.1, 0.15) is 0 Å². The van der Waals surface area contributed by atoms with E-state index in [0.717, 1.165) is 0 Å². The molecule has 12 nitrogen and oxygen atoms in total. The summed E-state index contributed by atoms with van der Waals surface area (Å²) in [5.41, 5.74) is 0.847. The van der Waals surface area contributed by atoms with Gasteiger partial charge in [-0.25, -0.2) is 9.59 Å². The molecule has 0 saturated heterocycles. The highest BCUT2D eigenvalue weighted by Crippen LogP contribution is 2.20. The number of nitro groups is 2. The van der Waals surface area contributed by atoms with Crippen molar-refractivity contribution in [2.75, 3.05) is 21.3 Å². The molecular formula is C20H16N6O6. The number of nitrogens with one attached hydrogen (secondary N) is 4. The zero-order valence-corrected chi connectivity index (χ0v) is 16.3. The summed E-state index contributed by atoms with van der Waals surface area (Å²) in [5.74, 6) is 0. The van der Waals surface area contributed by atoms with Gasteiger partial charge < -0.3 is 21.3 Å².